The number of carboxylic acids is 1. The van der Waals surface area contributed by atoms with Gasteiger partial charge in [0.2, 0.25) is 5.82 Å². The van der Waals surface area contributed by atoms with Crippen LogP contribution in [-0.2, 0) is 20.0 Å². The van der Waals surface area contributed by atoms with E-state index in [0.717, 1.165) is 21.4 Å². The Balaban J connectivity index is 1.88. The Kier molecular flexibility index (Phi) is 3.53. The van der Waals surface area contributed by atoms with Crippen molar-refractivity contribution in [2.75, 3.05) is 0 Å². The third kappa shape index (κ3) is 2.87. The Hall–Kier alpha value is -1.38. The van der Waals surface area contributed by atoms with Gasteiger partial charge in [0, 0.05) is 25.0 Å². The Morgan fingerprint density at radius 1 is 1.50 bits per heavy atom. The largest absolute Gasteiger partial charge is 0.475 e. The van der Waals surface area contributed by atoms with Crippen LogP contribution in [0, 0.1) is 9.62 Å². The first kappa shape index (κ1) is 13.6. The minimum absolute atomic E-state index is 0.111. The lowest BCUT2D eigenvalue weighted by molar-refractivity contribution is 0.0678. The second-order valence-electron chi connectivity index (χ2n) is 5.26. The molecular formula is C13H15IN4O2. The van der Waals surface area contributed by atoms with Gasteiger partial charge >= 0.3 is 5.97 Å². The molecule has 7 heteroatoms. The molecule has 6 nitrogen and oxygen atoms in total. The first-order valence-electron chi connectivity index (χ1n) is 6.50. The van der Waals surface area contributed by atoms with Gasteiger partial charge in [0.1, 0.15) is 3.70 Å². The average Bonchev–Trinajstić information content (AvgIpc) is 2.99. The third-order valence-corrected chi connectivity index (χ3v) is 4.31. The molecule has 2 aromatic heterocycles. The molecular weight excluding hydrogens is 371 g/mol. The van der Waals surface area contributed by atoms with Crippen molar-refractivity contribution >= 4 is 28.6 Å². The van der Waals surface area contributed by atoms with Crippen LogP contribution in [0.5, 0.6) is 0 Å². The van der Waals surface area contributed by atoms with Crippen LogP contribution >= 0.6 is 22.6 Å². The second kappa shape index (κ2) is 5.19. The van der Waals surface area contributed by atoms with E-state index in [2.05, 4.69) is 32.7 Å². The van der Waals surface area contributed by atoms with Crippen LogP contribution in [0.3, 0.4) is 0 Å². The van der Waals surface area contributed by atoms with E-state index in [1.807, 2.05) is 19.4 Å². The first-order chi connectivity index (χ1) is 9.52. The molecule has 0 atom stereocenters. The van der Waals surface area contributed by atoms with Gasteiger partial charge in [-0.2, -0.15) is 5.10 Å². The van der Waals surface area contributed by atoms with Crippen LogP contribution < -0.4 is 0 Å². The van der Waals surface area contributed by atoms with Crippen LogP contribution in [-0.4, -0.2) is 30.4 Å². The minimum Gasteiger partial charge on any atom is -0.475 e. The summed E-state index contributed by atoms with van der Waals surface area (Å²) in [6.45, 7) is 0.491. The summed E-state index contributed by atoms with van der Waals surface area (Å²) in [6, 6.07) is 0. The maximum absolute atomic E-state index is 11.3. The van der Waals surface area contributed by atoms with E-state index in [1.54, 1.807) is 9.25 Å². The van der Waals surface area contributed by atoms with Crippen molar-refractivity contribution < 1.29 is 9.90 Å². The van der Waals surface area contributed by atoms with Gasteiger partial charge in [0.05, 0.1) is 12.2 Å². The molecule has 0 amide bonds. The van der Waals surface area contributed by atoms with Gasteiger partial charge in [-0.25, -0.2) is 9.78 Å². The van der Waals surface area contributed by atoms with E-state index in [4.69, 9.17) is 0 Å². The summed E-state index contributed by atoms with van der Waals surface area (Å²) in [6.07, 6.45) is 7.13. The van der Waals surface area contributed by atoms with E-state index < -0.39 is 5.97 Å². The normalized spacial score (nSPS) is 14.7. The minimum atomic E-state index is -0.981. The molecule has 0 aromatic carbocycles. The molecule has 3 rings (SSSR count). The fraction of sp³-hybridized carbons (Fsp3) is 0.462. The molecule has 0 aliphatic heterocycles. The van der Waals surface area contributed by atoms with Gasteiger partial charge in [-0.3, -0.25) is 4.68 Å². The maximum Gasteiger partial charge on any atom is 0.372 e. The standard InChI is InChI=1S/C13H15IN4O2/c1-17-5-9(11(14)16-17)6-18-7-10(4-8-2-3-8)15-12(18)13(19)20/h5,7-8H,2-4,6H2,1H3,(H,19,20). The zero-order valence-electron chi connectivity index (χ0n) is 11.1. The molecule has 1 aliphatic rings. The Morgan fingerprint density at radius 3 is 2.80 bits per heavy atom. The Bertz CT molecular complexity index is 657. The molecule has 1 aliphatic carbocycles. The predicted molar refractivity (Wildman–Crippen MR) is 80.6 cm³/mol. The topological polar surface area (TPSA) is 72.9 Å². The predicted octanol–water partition coefficient (Wildman–Crippen LogP) is 1.92. The number of aryl methyl sites for hydroxylation is 1. The molecule has 0 spiro atoms. The number of hydrogen-bond donors (Lipinski definition) is 1. The molecule has 0 bridgehead atoms. The number of halogens is 1. The highest BCUT2D eigenvalue weighted by molar-refractivity contribution is 14.1. The lowest BCUT2D eigenvalue weighted by atomic mass is 10.2. The zero-order chi connectivity index (χ0) is 14.3. The molecule has 106 valence electrons. The highest BCUT2D eigenvalue weighted by atomic mass is 127. The Morgan fingerprint density at radius 2 is 2.25 bits per heavy atom. The first-order valence-corrected chi connectivity index (χ1v) is 7.58. The van der Waals surface area contributed by atoms with Gasteiger partial charge in [0.15, 0.2) is 0 Å². The van der Waals surface area contributed by atoms with Crippen molar-refractivity contribution in [3.63, 3.8) is 0 Å². The Labute approximate surface area is 130 Å². The summed E-state index contributed by atoms with van der Waals surface area (Å²) in [5, 5.41) is 13.5. The fourth-order valence-corrected chi connectivity index (χ4v) is 2.93. The summed E-state index contributed by atoms with van der Waals surface area (Å²) < 4.78 is 4.33. The molecule has 1 fully saturated rings. The zero-order valence-corrected chi connectivity index (χ0v) is 13.2. The molecule has 20 heavy (non-hydrogen) atoms. The number of carboxylic acid groups (broad SMARTS) is 1. The summed E-state index contributed by atoms with van der Waals surface area (Å²) in [7, 11) is 1.86. The quantitative estimate of drug-likeness (QED) is 0.798. The monoisotopic (exact) mass is 386 g/mol. The lowest BCUT2D eigenvalue weighted by Crippen LogP contribution is -2.10. The van der Waals surface area contributed by atoms with Gasteiger partial charge in [0.25, 0.3) is 0 Å². The van der Waals surface area contributed by atoms with Crippen molar-refractivity contribution in [3.05, 3.63) is 33.2 Å². The van der Waals surface area contributed by atoms with Crippen LogP contribution in [0.4, 0.5) is 0 Å². The van der Waals surface area contributed by atoms with Crippen LogP contribution in [0.1, 0.15) is 34.7 Å². The van der Waals surface area contributed by atoms with Crippen molar-refractivity contribution in [1.29, 1.82) is 0 Å². The van der Waals surface area contributed by atoms with Crippen LogP contribution in [0.25, 0.3) is 0 Å². The smallest absolute Gasteiger partial charge is 0.372 e. The van der Waals surface area contributed by atoms with Crippen LogP contribution in [0.15, 0.2) is 12.4 Å². The number of imidazole rings is 1. The molecule has 1 N–H and O–H groups in total. The van der Waals surface area contributed by atoms with Crippen LogP contribution in [0.2, 0.25) is 0 Å². The SMILES string of the molecule is Cn1cc(Cn2cc(CC3CC3)nc2C(=O)O)c(I)n1. The number of rotatable bonds is 5. The van der Waals surface area contributed by atoms with Gasteiger partial charge in [-0.05, 0) is 47.8 Å². The second-order valence-corrected chi connectivity index (χ2v) is 6.28. The summed E-state index contributed by atoms with van der Waals surface area (Å²) >= 11 is 2.16. The maximum atomic E-state index is 11.3. The van der Waals surface area contributed by atoms with Gasteiger partial charge in [-0.15, -0.1) is 0 Å². The molecule has 0 unspecified atom stereocenters. The molecule has 0 radical (unpaired) electrons. The molecule has 2 aromatic rings. The lowest BCUT2D eigenvalue weighted by Gasteiger charge is -2.02. The van der Waals surface area contributed by atoms with E-state index in [9.17, 15) is 9.90 Å². The van der Waals surface area contributed by atoms with Gasteiger partial charge in [-0.1, -0.05) is 0 Å². The highest BCUT2D eigenvalue weighted by Gasteiger charge is 2.24. The summed E-state index contributed by atoms with van der Waals surface area (Å²) in [5.41, 5.74) is 1.88. The summed E-state index contributed by atoms with van der Waals surface area (Å²) in [5.74, 6) is -0.176. The highest BCUT2D eigenvalue weighted by Crippen LogP contribution is 2.32. The van der Waals surface area contributed by atoms with E-state index >= 15 is 0 Å². The molecule has 2 heterocycles. The van der Waals surface area contributed by atoms with Crippen molar-refractivity contribution in [2.45, 2.75) is 25.8 Å². The number of carbonyl (C=O) groups is 1. The molecule has 1 saturated carbocycles. The average molecular weight is 386 g/mol. The third-order valence-electron chi connectivity index (χ3n) is 3.41. The van der Waals surface area contributed by atoms with E-state index in [0.29, 0.717) is 12.5 Å². The van der Waals surface area contributed by atoms with E-state index in [1.165, 1.54) is 12.8 Å². The summed E-state index contributed by atoms with van der Waals surface area (Å²) in [4.78, 5) is 15.6. The number of aromatic carboxylic acids is 1. The van der Waals surface area contributed by atoms with Crippen molar-refractivity contribution in [3.8, 4) is 0 Å². The van der Waals surface area contributed by atoms with Crippen molar-refractivity contribution in [2.24, 2.45) is 13.0 Å². The number of hydrogen-bond acceptors (Lipinski definition) is 3. The van der Waals surface area contributed by atoms with Gasteiger partial charge < -0.3 is 9.67 Å². The fourth-order valence-electron chi connectivity index (χ4n) is 2.28. The van der Waals surface area contributed by atoms with Crippen molar-refractivity contribution in [1.82, 2.24) is 19.3 Å². The number of aromatic nitrogens is 4. The molecule has 0 saturated heterocycles. The number of nitrogens with zero attached hydrogens (tertiary/aromatic N) is 4. The van der Waals surface area contributed by atoms with E-state index in [-0.39, 0.29) is 5.82 Å².